The number of carboxylic acids is 1. The van der Waals surface area contributed by atoms with Gasteiger partial charge in [0.05, 0.1) is 24.2 Å². The van der Waals surface area contributed by atoms with Gasteiger partial charge >= 0.3 is 5.97 Å². The summed E-state index contributed by atoms with van der Waals surface area (Å²) in [5.74, 6) is -0.0101. The number of ether oxygens (including phenoxy) is 2. The standard InChI is InChI=1S/C26H31FO5S/c1-33-23-15-20(14-22(16-23)31-13-12-28)26(32-17-18-2-3-18)10-8-25(9-11-26,24(29)30)19-4-6-21(27)7-5-19/h4-7,14-16,18,28H,2-3,8-13,17H2,1H3,(H,29,30). The van der Waals surface area contributed by atoms with E-state index in [-0.39, 0.29) is 19.0 Å². The molecule has 0 saturated heterocycles. The Kier molecular flexibility index (Phi) is 7.31. The van der Waals surface area contributed by atoms with Crippen LogP contribution in [0.2, 0.25) is 0 Å². The van der Waals surface area contributed by atoms with Crippen LogP contribution in [0.5, 0.6) is 5.75 Å². The van der Waals surface area contributed by atoms with Gasteiger partial charge in [0.1, 0.15) is 18.2 Å². The van der Waals surface area contributed by atoms with Gasteiger partial charge < -0.3 is 19.7 Å². The molecule has 0 heterocycles. The lowest BCUT2D eigenvalue weighted by Crippen LogP contribution is -2.46. The highest BCUT2D eigenvalue weighted by Gasteiger charge is 2.50. The molecule has 2 fully saturated rings. The highest BCUT2D eigenvalue weighted by molar-refractivity contribution is 7.98. The molecule has 0 unspecified atom stereocenters. The van der Waals surface area contributed by atoms with E-state index in [0.717, 1.165) is 10.5 Å². The first-order chi connectivity index (χ1) is 15.9. The van der Waals surface area contributed by atoms with Crippen LogP contribution in [0, 0.1) is 11.7 Å². The topological polar surface area (TPSA) is 76.0 Å². The third-order valence-corrected chi connectivity index (χ3v) is 7.72. The molecule has 0 amide bonds. The molecule has 7 heteroatoms. The monoisotopic (exact) mass is 474 g/mol. The Morgan fingerprint density at radius 3 is 2.36 bits per heavy atom. The van der Waals surface area contributed by atoms with E-state index >= 15 is 0 Å². The molecular weight excluding hydrogens is 443 g/mol. The summed E-state index contributed by atoms with van der Waals surface area (Å²) in [6, 6.07) is 11.9. The smallest absolute Gasteiger partial charge is 0.314 e. The van der Waals surface area contributed by atoms with Crippen LogP contribution in [0.3, 0.4) is 0 Å². The fourth-order valence-corrected chi connectivity index (χ4v) is 5.23. The predicted octanol–water partition coefficient (Wildman–Crippen LogP) is 5.14. The van der Waals surface area contributed by atoms with Gasteiger partial charge in [0.15, 0.2) is 0 Å². The molecule has 0 bridgehead atoms. The van der Waals surface area contributed by atoms with E-state index in [0.29, 0.717) is 49.5 Å². The Bertz CT molecular complexity index is 965. The molecule has 2 saturated carbocycles. The summed E-state index contributed by atoms with van der Waals surface area (Å²) in [6.07, 6.45) is 6.21. The average Bonchev–Trinajstić information content (AvgIpc) is 3.66. The quantitative estimate of drug-likeness (QED) is 0.465. The summed E-state index contributed by atoms with van der Waals surface area (Å²) >= 11 is 1.61. The number of carboxylic acid groups (broad SMARTS) is 1. The number of hydrogen-bond acceptors (Lipinski definition) is 5. The van der Waals surface area contributed by atoms with E-state index in [1.165, 1.54) is 25.0 Å². The largest absolute Gasteiger partial charge is 0.491 e. The molecule has 2 aliphatic rings. The number of halogens is 1. The number of benzene rings is 2. The van der Waals surface area contributed by atoms with Gasteiger partial charge in [0.25, 0.3) is 0 Å². The molecule has 0 aliphatic heterocycles. The summed E-state index contributed by atoms with van der Waals surface area (Å²) < 4.78 is 25.8. The Morgan fingerprint density at radius 2 is 1.79 bits per heavy atom. The summed E-state index contributed by atoms with van der Waals surface area (Å²) in [7, 11) is 0. The van der Waals surface area contributed by atoms with Gasteiger partial charge in [-0.05, 0) is 92.2 Å². The van der Waals surface area contributed by atoms with Gasteiger partial charge in [-0.15, -0.1) is 11.8 Å². The van der Waals surface area contributed by atoms with Crippen LogP contribution in [0.15, 0.2) is 47.4 Å². The molecule has 2 aromatic carbocycles. The van der Waals surface area contributed by atoms with E-state index in [9.17, 15) is 19.4 Å². The second-order valence-electron chi connectivity index (χ2n) is 9.11. The summed E-state index contributed by atoms with van der Waals surface area (Å²) in [4.78, 5) is 13.5. The Hall–Kier alpha value is -2.09. The van der Waals surface area contributed by atoms with E-state index in [4.69, 9.17) is 9.47 Å². The number of thioether (sulfide) groups is 1. The zero-order valence-electron chi connectivity index (χ0n) is 18.9. The molecule has 178 valence electrons. The Balaban J connectivity index is 1.67. The highest BCUT2D eigenvalue weighted by atomic mass is 32.2. The van der Waals surface area contributed by atoms with Crippen LogP contribution in [0.1, 0.15) is 49.7 Å². The van der Waals surface area contributed by atoms with Crippen molar-refractivity contribution in [3.05, 3.63) is 59.4 Å². The van der Waals surface area contributed by atoms with E-state index < -0.39 is 17.0 Å². The van der Waals surface area contributed by atoms with Gasteiger partial charge in [-0.3, -0.25) is 4.79 Å². The van der Waals surface area contributed by atoms with E-state index in [1.807, 2.05) is 18.4 Å². The molecule has 0 spiro atoms. The first kappa shape index (κ1) is 24.0. The van der Waals surface area contributed by atoms with Gasteiger partial charge in [0, 0.05) is 4.90 Å². The molecule has 2 aliphatic carbocycles. The average molecular weight is 475 g/mol. The number of aliphatic hydroxyl groups is 1. The van der Waals surface area contributed by atoms with Crippen molar-refractivity contribution in [1.29, 1.82) is 0 Å². The lowest BCUT2D eigenvalue weighted by molar-refractivity contribution is -0.151. The normalized spacial score (nSPS) is 25.1. The van der Waals surface area contributed by atoms with Crippen LogP contribution in [0.4, 0.5) is 4.39 Å². The highest BCUT2D eigenvalue weighted by Crippen LogP contribution is 2.51. The first-order valence-electron chi connectivity index (χ1n) is 11.5. The van der Waals surface area contributed by atoms with Crippen molar-refractivity contribution >= 4 is 17.7 Å². The minimum atomic E-state index is -1.06. The van der Waals surface area contributed by atoms with Crippen molar-refractivity contribution < 1.29 is 28.9 Å². The Morgan fingerprint density at radius 1 is 1.09 bits per heavy atom. The lowest BCUT2D eigenvalue weighted by Gasteiger charge is -2.45. The number of rotatable bonds is 10. The van der Waals surface area contributed by atoms with Crippen LogP contribution in [-0.2, 0) is 20.5 Å². The van der Waals surface area contributed by atoms with Crippen molar-refractivity contribution in [2.24, 2.45) is 5.92 Å². The summed E-state index contributed by atoms with van der Waals surface area (Å²) in [5.41, 5.74) is -0.0453. The molecule has 4 rings (SSSR count). The zero-order chi connectivity index (χ0) is 23.5. The molecule has 0 aromatic heterocycles. The van der Waals surface area contributed by atoms with Crippen LogP contribution < -0.4 is 4.74 Å². The lowest BCUT2D eigenvalue weighted by atomic mass is 9.63. The SMILES string of the molecule is CSc1cc(OCCO)cc(C2(OCC3CC3)CCC(C(=O)O)(c3ccc(F)cc3)CC2)c1. The summed E-state index contributed by atoms with van der Waals surface area (Å²) in [6.45, 7) is 0.799. The fourth-order valence-electron chi connectivity index (χ4n) is 4.75. The molecule has 2 aromatic rings. The van der Waals surface area contributed by atoms with Gasteiger partial charge in [-0.2, -0.15) is 0 Å². The van der Waals surface area contributed by atoms with Gasteiger partial charge in [0.2, 0.25) is 0 Å². The van der Waals surface area contributed by atoms with Crippen molar-refractivity contribution in [1.82, 2.24) is 0 Å². The minimum absolute atomic E-state index is 0.0685. The van der Waals surface area contributed by atoms with Crippen LogP contribution >= 0.6 is 11.8 Å². The first-order valence-corrected chi connectivity index (χ1v) is 12.7. The number of aliphatic carboxylic acids is 1. The zero-order valence-corrected chi connectivity index (χ0v) is 19.7. The minimum Gasteiger partial charge on any atom is -0.491 e. The molecule has 2 N–H and O–H groups in total. The van der Waals surface area contributed by atoms with E-state index in [1.54, 1.807) is 23.9 Å². The van der Waals surface area contributed by atoms with Crippen molar-refractivity contribution in [2.45, 2.75) is 54.4 Å². The van der Waals surface area contributed by atoms with Gasteiger partial charge in [-0.25, -0.2) is 4.39 Å². The predicted molar refractivity (Wildman–Crippen MR) is 125 cm³/mol. The molecule has 0 atom stereocenters. The third kappa shape index (κ3) is 5.20. The van der Waals surface area contributed by atoms with Crippen molar-refractivity contribution in [3.63, 3.8) is 0 Å². The maximum absolute atomic E-state index is 13.5. The molecule has 33 heavy (non-hydrogen) atoms. The number of aliphatic hydroxyl groups excluding tert-OH is 1. The number of hydrogen-bond donors (Lipinski definition) is 2. The third-order valence-electron chi connectivity index (χ3n) is 7.01. The van der Waals surface area contributed by atoms with Crippen LogP contribution in [-0.4, -0.2) is 42.3 Å². The maximum Gasteiger partial charge on any atom is 0.314 e. The van der Waals surface area contributed by atoms with Crippen molar-refractivity contribution in [3.8, 4) is 5.75 Å². The summed E-state index contributed by atoms with van der Waals surface area (Å²) in [5, 5.41) is 19.4. The second-order valence-corrected chi connectivity index (χ2v) is 9.99. The van der Waals surface area contributed by atoms with Crippen molar-refractivity contribution in [2.75, 3.05) is 26.1 Å². The van der Waals surface area contributed by atoms with Gasteiger partial charge in [-0.1, -0.05) is 12.1 Å². The molecular formula is C26H31FO5S. The Labute approximate surface area is 198 Å². The maximum atomic E-state index is 13.5. The fraction of sp³-hybridized carbons (Fsp3) is 0.500. The van der Waals surface area contributed by atoms with Crippen LogP contribution in [0.25, 0.3) is 0 Å². The molecule has 0 radical (unpaired) electrons. The second kappa shape index (κ2) is 10.0. The molecule has 5 nitrogen and oxygen atoms in total. The number of carbonyl (C=O) groups is 1. The van der Waals surface area contributed by atoms with E-state index in [2.05, 4.69) is 6.07 Å².